The Bertz CT molecular complexity index is 1160. The number of Topliss-reactive ketones (excluding diaryl/α,β-unsaturated/α-hetero) is 1. The molecule has 1 amide bonds. The van der Waals surface area contributed by atoms with Gasteiger partial charge in [-0.05, 0) is 42.3 Å². The van der Waals surface area contributed by atoms with Gasteiger partial charge in [-0.1, -0.05) is 23.7 Å². The summed E-state index contributed by atoms with van der Waals surface area (Å²) in [6, 6.07) is 11.3. The second kappa shape index (κ2) is 10.3. The van der Waals surface area contributed by atoms with E-state index in [2.05, 4.69) is 4.90 Å². The molecule has 2 aromatic carbocycles. The Balaban J connectivity index is 1.48. The predicted octanol–water partition coefficient (Wildman–Crippen LogP) is 3.26. The number of aliphatic hydroxyl groups excluding tert-OH is 1. The van der Waals surface area contributed by atoms with Crippen molar-refractivity contribution in [2.45, 2.75) is 12.5 Å². The van der Waals surface area contributed by atoms with Crippen LogP contribution in [-0.4, -0.2) is 79.2 Å². The van der Waals surface area contributed by atoms with Crippen LogP contribution in [0.25, 0.3) is 5.76 Å². The van der Waals surface area contributed by atoms with E-state index in [1.54, 1.807) is 36.4 Å². The molecule has 3 aliphatic rings. The van der Waals surface area contributed by atoms with Crippen LogP contribution in [0.5, 0.6) is 11.5 Å². The number of hydrogen-bond donors (Lipinski definition) is 1. The van der Waals surface area contributed by atoms with Gasteiger partial charge in [-0.3, -0.25) is 14.5 Å². The van der Waals surface area contributed by atoms with E-state index < -0.39 is 17.7 Å². The fourth-order valence-electron chi connectivity index (χ4n) is 4.77. The first kappa shape index (κ1) is 23.7. The molecule has 8 nitrogen and oxygen atoms in total. The number of nitrogens with zero attached hydrogens (tertiary/aromatic N) is 2. The molecule has 0 unspecified atom stereocenters. The van der Waals surface area contributed by atoms with Crippen LogP contribution in [0, 0.1) is 0 Å². The SMILES string of the molecule is O=C1C(=O)N(CCCN2CCOCC2)[C@H](c2cccc(Cl)c2)C1=C(O)c1ccc2c(c1)OCCO2. The number of carbonyl (C=O) groups excluding carboxylic acids is 2. The maximum Gasteiger partial charge on any atom is 0.295 e. The highest BCUT2D eigenvalue weighted by molar-refractivity contribution is 6.46. The number of ketones is 1. The molecule has 0 spiro atoms. The van der Waals surface area contributed by atoms with Gasteiger partial charge >= 0.3 is 0 Å². The Labute approximate surface area is 208 Å². The van der Waals surface area contributed by atoms with Crippen LogP contribution in [0.4, 0.5) is 0 Å². The van der Waals surface area contributed by atoms with Gasteiger partial charge in [0.2, 0.25) is 0 Å². The normalized spacial score (nSPS) is 22.0. The van der Waals surface area contributed by atoms with Gasteiger partial charge in [-0.25, -0.2) is 0 Å². The zero-order valence-electron chi connectivity index (χ0n) is 19.2. The monoisotopic (exact) mass is 498 g/mol. The minimum atomic E-state index is -0.744. The van der Waals surface area contributed by atoms with Crippen molar-refractivity contribution in [3.05, 3.63) is 64.2 Å². The molecular formula is C26H27ClN2O6. The number of benzene rings is 2. The fourth-order valence-corrected chi connectivity index (χ4v) is 4.97. The first-order chi connectivity index (χ1) is 17.0. The Morgan fingerprint density at radius 3 is 2.51 bits per heavy atom. The average Bonchev–Trinajstić information content (AvgIpc) is 3.13. The van der Waals surface area contributed by atoms with Gasteiger partial charge in [-0.15, -0.1) is 0 Å². The lowest BCUT2D eigenvalue weighted by molar-refractivity contribution is -0.140. The second-order valence-electron chi connectivity index (χ2n) is 8.71. The van der Waals surface area contributed by atoms with E-state index in [0.717, 1.165) is 19.6 Å². The van der Waals surface area contributed by atoms with E-state index in [9.17, 15) is 14.7 Å². The van der Waals surface area contributed by atoms with E-state index in [1.807, 2.05) is 6.07 Å². The molecular weight excluding hydrogens is 472 g/mol. The summed E-state index contributed by atoms with van der Waals surface area (Å²) >= 11 is 6.26. The van der Waals surface area contributed by atoms with Crippen LogP contribution in [0.15, 0.2) is 48.0 Å². The average molecular weight is 499 g/mol. The number of fused-ring (bicyclic) bond motifs is 1. The molecule has 1 N–H and O–H groups in total. The summed E-state index contributed by atoms with van der Waals surface area (Å²) in [5.74, 6) is -0.534. The van der Waals surface area contributed by atoms with Gasteiger partial charge in [0.05, 0.1) is 24.8 Å². The number of halogens is 1. The third-order valence-electron chi connectivity index (χ3n) is 6.50. The number of rotatable bonds is 6. The standard InChI is InChI=1S/C26H27ClN2O6/c27-19-4-1-3-17(15-19)23-22(24(30)18-5-6-20-21(16-18)35-14-13-34-20)25(31)26(32)29(23)8-2-7-28-9-11-33-12-10-28/h1,3-6,15-16,23,30H,2,7-14H2/t23-/m1/s1. The van der Waals surface area contributed by atoms with Crippen LogP contribution in [-0.2, 0) is 14.3 Å². The molecule has 1 atom stereocenters. The highest BCUT2D eigenvalue weighted by Crippen LogP contribution is 2.41. The quantitative estimate of drug-likeness (QED) is 0.371. The lowest BCUT2D eigenvalue weighted by Crippen LogP contribution is -2.38. The lowest BCUT2D eigenvalue weighted by Gasteiger charge is -2.29. The van der Waals surface area contributed by atoms with Crippen molar-refractivity contribution >= 4 is 29.1 Å². The number of amides is 1. The summed E-state index contributed by atoms with van der Waals surface area (Å²) in [5.41, 5.74) is 1.09. The topological polar surface area (TPSA) is 88.5 Å². The lowest BCUT2D eigenvalue weighted by atomic mass is 9.95. The first-order valence-electron chi connectivity index (χ1n) is 11.8. The van der Waals surface area contributed by atoms with E-state index in [-0.39, 0.29) is 11.3 Å². The highest BCUT2D eigenvalue weighted by atomic mass is 35.5. The molecule has 3 aliphatic heterocycles. The van der Waals surface area contributed by atoms with Crippen molar-refractivity contribution in [1.82, 2.24) is 9.80 Å². The number of hydrogen-bond acceptors (Lipinski definition) is 7. The molecule has 184 valence electrons. The summed E-state index contributed by atoms with van der Waals surface area (Å²) in [5, 5.41) is 11.8. The van der Waals surface area contributed by atoms with Crippen molar-refractivity contribution in [2.75, 3.05) is 52.6 Å². The summed E-state index contributed by atoms with van der Waals surface area (Å²) in [6.45, 7) is 5.09. The van der Waals surface area contributed by atoms with Gasteiger partial charge < -0.3 is 24.2 Å². The Morgan fingerprint density at radius 2 is 1.74 bits per heavy atom. The van der Waals surface area contributed by atoms with Crippen LogP contribution >= 0.6 is 11.6 Å². The van der Waals surface area contributed by atoms with Crippen molar-refractivity contribution in [3.8, 4) is 11.5 Å². The summed E-state index contributed by atoms with van der Waals surface area (Å²) in [7, 11) is 0. The number of ether oxygens (including phenoxy) is 3. The van der Waals surface area contributed by atoms with Gasteiger partial charge in [0.25, 0.3) is 11.7 Å². The number of aliphatic hydroxyl groups is 1. The van der Waals surface area contributed by atoms with Crippen molar-refractivity contribution in [2.24, 2.45) is 0 Å². The zero-order chi connectivity index (χ0) is 24.4. The third-order valence-corrected chi connectivity index (χ3v) is 6.73. The van der Waals surface area contributed by atoms with Crippen molar-refractivity contribution in [1.29, 1.82) is 0 Å². The fraction of sp³-hybridized carbons (Fsp3) is 0.385. The molecule has 35 heavy (non-hydrogen) atoms. The number of likely N-dealkylation sites (tertiary alicyclic amines) is 1. The minimum absolute atomic E-state index is 0.0420. The minimum Gasteiger partial charge on any atom is -0.507 e. The second-order valence-corrected chi connectivity index (χ2v) is 9.15. The molecule has 0 aromatic heterocycles. The Kier molecular flexibility index (Phi) is 6.95. The van der Waals surface area contributed by atoms with Gasteiger partial charge in [0.15, 0.2) is 11.5 Å². The van der Waals surface area contributed by atoms with Crippen LogP contribution in [0.3, 0.4) is 0 Å². The van der Waals surface area contributed by atoms with Crippen LogP contribution in [0.2, 0.25) is 5.02 Å². The molecule has 9 heteroatoms. The van der Waals surface area contributed by atoms with Gasteiger partial charge in [0.1, 0.15) is 19.0 Å². The summed E-state index contributed by atoms with van der Waals surface area (Å²) < 4.78 is 16.6. The number of carbonyl (C=O) groups is 2. The molecule has 2 fully saturated rings. The molecule has 2 aromatic rings. The zero-order valence-corrected chi connectivity index (χ0v) is 20.0. The first-order valence-corrected chi connectivity index (χ1v) is 12.1. The molecule has 5 rings (SSSR count). The molecule has 0 radical (unpaired) electrons. The largest absolute Gasteiger partial charge is 0.507 e. The maximum absolute atomic E-state index is 13.2. The number of morpholine rings is 1. The smallest absolute Gasteiger partial charge is 0.295 e. The highest BCUT2D eigenvalue weighted by Gasteiger charge is 2.46. The van der Waals surface area contributed by atoms with Crippen LogP contribution < -0.4 is 9.47 Å². The van der Waals surface area contributed by atoms with Gasteiger partial charge in [0, 0.05) is 36.8 Å². The Morgan fingerprint density at radius 1 is 0.971 bits per heavy atom. The maximum atomic E-state index is 13.2. The molecule has 3 heterocycles. The summed E-state index contributed by atoms with van der Waals surface area (Å²) in [4.78, 5) is 30.2. The molecule has 0 aliphatic carbocycles. The van der Waals surface area contributed by atoms with Crippen molar-refractivity contribution in [3.63, 3.8) is 0 Å². The van der Waals surface area contributed by atoms with Gasteiger partial charge in [-0.2, -0.15) is 0 Å². The predicted molar refractivity (Wildman–Crippen MR) is 130 cm³/mol. The van der Waals surface area contributed by atoms with Crippen molar-refractivity contribution < 1.29 is 28.9 Å². The third kappa shape index (κ3) is 4.87. The van der Waals surface area contributed by atoms with E-state index in [4.69, 9.17) is 25.8 Å². The summed E-state index contributed by atoms with van der Waals surface area (Å²) in [6.07, 6.45) is 0.689. The van der Waals surface area contributed by atoms with E-state index in [1.165, 1.54) is 4.90 Å². The molecule has 0 saturated carbocycles. The van der Waals surface area contributed by atoms with E-state index >= 15 is 0 Å². The van der Waals surface area contributed by atoms with Crippen LogP contribution in [0.1, 0.15) is 23.6 Å². The Hall–Kier alpha value is -3.07. The van der Waals surface area contributed by atoms with E-state index in [0.29, 0.717) is 67.0 Å². The molecule has 2 saturated heterocycles. The molecule has 0 bridgehead atoms.